The third kappa shape index (κ3) is 5.69. The number of hydrogen-bond acceptors (Lipinski definition) is 4. The van der Waals surface area contributed by atoms with Crippen molar-refractivity contribution in [1.82, 2.24) is 10.3 Å². The molecule has 7 heteroatoms. The molecule has 0 radical (unpaired) electrons. The molecule has 2 aromatic carbocycles. The lowest BCUT2D eigenvalue weighted by atomic mass is 9.83. The molecule has 31 heavy (non-hydrogen) atoms. The lowest BCUT2D eigenvalue weighted by molar-refractivity contribution is -0.125. The quantitative estimate of drug-likeness (QED) is 0.519. The molecule has 1 atom stereocenters. The van der Waals surface area contributed by atoms with Crippen molar-refractivity contribution < 1.29 is 9.59 Å². The number of nitrogens with one attached hydrogen (secondary N) is 2. The minimum absolute atomic E-state index is 0.126. The molecular weight excluding hydrogens is 412 g/mol. The van der Waals surface area contributed by atoms with Gasteiger partial charge in [-0.1, -0.05) is 35.9 Å². The molecule has 6 nitrogen and oxygen atoms in total. The number of halogens is 1. The number of pyridine rings is 1. The first kappa shape index (κ1) is 22.5. The van der Waals surface area contributed by atoms with E-state index in [1.807, 2.05) is 26.0 Å². The first-order valence-electron chi connectivity index (χ1n) is 9.88. The molecule has 0 spiro atoms. The van der Waals surface area contributed by atoms with Crippen molar-refractivity contribution in [3.63, 3.8) is 0 Å². The van der Waals surface area contributed by atoms with E-state index >= 15 is 0 Å². The van der Waals surface area contributed by atoms with Crippen molar-refractivity contribution in [2.45, 2.75) is 25.3 Å². The van der Waals surface area contributed by atoms with E-state index in [9.17, 15) is 9.59 Å². The molecule has 0 aliphatic rings. The van der Waals surface area contributed by atoms with Crippen LogP contribution in [0.15, 0.2) is 73.1 Å². The van der Waals surface area contributed by atoms with Crippen LogP contribution in [0.5, 0.6) is 0 Å². The van der Waals surface area contributed by atoms with E-state index in [0.29, 0.717) is 16.3 Å². The molecule has 2 amide bonds. The van der Waals surface area contributed by atoms with E-state index < -0.39 is 11.5 Å². The average molecular weight is 437 g/mol. The molecule has 0 bridgehead atoms. The zero-order chi connectivity index (χ0) is 22.4. The number of hydrogen-bond donors (Lipinski definition) is 3. The topological polar surface area (TPSA) is 97.1 Å². The third-order valence-corrected chi connectivity index (χ3v) is 5.41. The lowest BCUT2D eigenvalue weighted by Gasteiger charge is -2.25. The fourth-order valence-corrected chi connectivity index (χ4v) is 3.19. The Kier molecular flexibility index (Phi) is 7.05. The summed E-state index contributed by atoms with van der Waals surface area (Å²) in [5.41, 5.74) is 8.41. The molecule has 0 aliphatic heterocycles. The summed E-state index contributed by atoms with van der Waals surface area (Å²) in [4.78, 5) is 29.0. The molecule has 0 saturated carbocycles. The summed E-state index contributed by atoms with van der Waals surface area (Å²) in [6.07, 6.45) is 3.22. The Balaban J connectivity index is 1.57. The highest BCUT2D eigenvalue weighted by atomic mass is 35.5. The molecular formula is C24H25ClN4O2. The van der Waals surface area contributed by atoms with E-state index in [-0.39, 0.29) is 18.4 Å². The van der Waals surface area contributed by atoms with Crippen molar-refractivity contribution >= 4 is 29.1 Å². The Hall–Kier alpha value is -3.22. The lowest BCUT2D eigenvalue weighted by Crippen LogP contribution is -2.42. The maximum absolute atomic E-state index is 12.7. The molecule has 1 heterocycles. The second-order valence-corrected chi connectivity index (χ2v) is 8.20. The van der Waals surface area contributed by atoms with Crippen LogP contribution in [0.2, 0.25) is 5.02 Å². The molecule has 0 aliphatic carbocycles. The van der Waals surface area contributed by atoms with Crippen molar-refractivity contribution in [3.05, 3.63) is 94.8 Å². The van der Waals surface area contributed by atoms with Gasteiger partial charge in [0, 0.05) is 41.3 Å². The Morgan fingerprint density at radius 2 is 1.61 bits per heavy atom. The maximum atomic E-state index is 12.7. The average Bonchev–Trinajstić information content (AvgIpc) is 2.78. The van der Waals surface area contributed by atoms with E-state index in [1.54, 1.807) is 60.9 Å². The predicted molar refractivity (Wildman–Crippen MR) is 123 cm³/mol. The smallest absolute Gasteiger partial charge is 0.255 e. The summed E-state index contributed by atoms with van der Waals surface area (Å²) in [7, 11) is 0. The molecule has 160 valence electrons. The fourth-order valence-electron chi connectivity index (χ4n) is 3.06. The molecule has 1 aromatic heterocycles. The normalized spacial score (nSPS) is 12.1. The first-order valence-corrected chi connectivity index (χ1v) is 10.3. The van der Waals surface area contributed by atoms with Gasteiger partial charge in [-0.05, 0) is 61.4 Å². The van der Waals surface area contributed by atoms with Crippen molar-refractivity contribution in [2.24, 2.45) is 5.73 Å². The Morgan fingerprint density at radius 1 is 1.00 bits per heavy atom. The number of benzene rings is 2. The van der Waals surface area contributed by atoms with Crippen LogP contribution >= 0.6 is 11.6 Å². The molecule has 3 rings (SSSR count). The summed E-state index contributed by atoms with van der Waals surface area (Å²) in [6.45, 7) is 3.99. The number of carbonyl (C=O) groups is 2. The zero-order valence-electron chi connectivity index (χ0n) is 17.4. The van der Waals surface area contributed by atoms with Gasteiger partial charge < -0.3 is 16.4 Å². The number of nitrogens with two attached hydrogens (primary N) is 1. The van der Waals surface area contributed by atoms with Gasteiger partial charge in [-0.2, -0.15) is 0 Å². The van der Waals surface area contributed by atoms with E-state index in [4.69, 9.17) is 17.3 Å². The number of amides is 2. The highest BCUT2D eigenvalue weighted by Crippen LogP contribution is 2.25. The van der Waals surface area contributed by atoms with Crippen molar-refractivity contribution in [2.75, 3.05) is 11.9 Å². The number of anilines is 1. The summed E-state index contributed by atoms with van der Waals surface area (Å²) in [5, 5.41) is 6.35. The predicted octanol–water partition coefficient (Wildman–Crippen LogP) is 4.08. The largest absolute Gasteiger partial charge is 0.353 e. The van der Waals surface area contributed by atoms with Crippen LogP contribution in [-0.4, -0.2) is 23.3 Å². The second kappa shape index (κ2) is 9.73. The van der Waals surface area contributed by atoms with E-state index in [1.165, 1.54) is 0 Å². The summed E-state index contributed by atoms with van der Waals surface area (Å²) >= 11 is 5.94. The number of carbonyl (C=O) groups excluding carboxylic acids is 2. The highest BCUT2D eigenvalue weighted by molar-refractivity contribution is 6.30. The number of rotatable bonds is 7. The van der Waals surface area contributed by atoms with E-state index in [2.05, 4.69) is 15.6 Å². The van der Waals surface area contributed by atoms with Crippen LogP contribution in [0.3, 0.4) is 0 Å². The van der Waals surface area contributed by atoms with Gasteiger partial charge in [0.2, 0.25) is 5.91 Å². The molecule has 4 N–H and O–H groups in total. The summed E-state index contributed by atoms with van der Waals surface area (Å²) < 4.78 is 0. The number of nitrogens with zero attached hydrogens (tertiary/aromatic N) is 1. The zero-order valence-corrected chi connectivity index (χ0v) is 18.2. The SMILES string of the molecule is CC(C)(C(=O)NC[C@@H](N)c1ccc(C(=O)Nc2ccncc2)cc1)c1ccc(Cl)cc1. The van der Waals surface area contributed by atoms with Gasteiger partial charge in [0.1, 0.15) is 0 Å². The number of aromatic nitrogens is 1. The molecule has 0 saturated heterocycles. The van der Waals surface area contributed by atoms with Gasteiger partial charge in [-0.25, -0.2) is 0 Å². The van der Waals surface area contributed by atoms with Crippen LogP contribution in [-0.2, 0) is 10.2 Å². The van der Waals surface area contributed by atoms with Crippen LogP contribution < -0.4 is 16.4 Å². The third-order valence-electron chi connectivity index (χ3n) is 5.16. The molecule has 0 unspecified atom stereocenters. The minimum Gasteiger partial charge on any atom is -0.353 e. The van der Waals surface area contributed by atoms with Crippen LogP contribution in [0.1, 0.15) is 41.4 Å². The Bertz CT molecular complexity index is 1040. The van der Waals surface area contributed by atoms with Crippen molar-refractivity contribution in [3.8, 4) is 0 Å². The van der Waals surface area contributed by atoms with Gasteiger partial charge in [0.15, 0.2) is 0 Å². The summed E-state index contributed by atoms with van der Waals surface area (Å²) in [6, 6.07) is 17.3. The van der Waals surface area contributed by atoms with Gasteiger partial charge >= 0.3 is 0 Å². The van der Waals surface area contributed by atoms with Crippen LogP contribution in [0.25, 0.3) is 0 Å². The highest BCUT2D eigenvalue weighted by Gasteiger charge is 2.29. The van der Waals surface area contributed by atoms with Gasteiger partial charge in [-0.3, -0.25) is 14.6 Å². The summed E-state index contributed by atoms with van der Waals surface area (Å²) in [5.74, 6) is -0.344. The van der Waals surface area contributed by atoms with Crippen LogP contribution in [0, 0.1) is 0 Å². The standard InChI is InChI=1S/C24H25ClN4O2/c1-24(2,18-7-9-19(25)10-8-18)23(31)28-15-21(26)16-3-5-17(6-4-16)22(30)29-20-11-13-27-14-12-20/h3-14,21H,15,26H2,1-2H3,(H,28,31)(H,27,29,30)/t21-/m1/s1. The van der Waals surface area contributed by atoms with Gasteiger partial charge in [0.25, 0.3) is 5.91 Å². The minimum atomic E-state index is -0.723. The van der Waals surface area contributed by atoms with Gasteiger partial charge in [-0.15, -0.1) is 0 Å². The fraction of sp³-hybridized carbons (Fsp3) is 0.208. The second-order valence-electron chi connectivity index (χ2n) is 7.76. The molecule has 3 aromatic rings. The van der Waals surface area contributed by atoms with Crippen molar-refractivity contribution in [1.29, 1.82) is 0 Å². The monoisotopic (exact) mass is 436 g/mol. The maximum Gasteiger partial charge on any atom is 0.255 e. The Labute approximate surface area is 186 Å². The Morgan fingerprint density at radius 3 is 2.23 bits per heavy atom. The molecule has 0 fully saturated rings. The van der Waals surface area contributed by atoms with Gasteiger partial charge in [0.05, 0.1) is 5.41 Å². The van der Waals surface area contributed by atoms with E-state index in [0.717, 1.165) is 11.1 Å². The van der Waals surface area contributed by atoms with Crippen LogP contribution in [0.4, 0.5) is 5.69 Å². The first-order chi connectivity index (χ1) is 14.8.